The number of rotatable bonds is 1. The Labute approximate surface area is 138 Å². The molecule has 6 nitrogen and oxygen atoms in total. The second-order valence-corrected chi connectivity index (χ2v) is 5.77. The molecule has 0 radical (unpaired) electrons. The smallest absolute Gasteiger partial charge is 0.368 e. The van der Waals surface area contributed by atoms with E-state index in [0.29, 0.717) is 11.9 Å². The van der Waals surface area contributed by atoms with Gasteiger partial charge in [-0.25, -0.2) is 10.8 Å². The number of benzene rings is 1. The first kappa shape index (κ1) is 18.1. The van der Waals surface area contributed by atoms with Crippen LogP contribution in [0, 0.1) is 5.92 Å². The lowest BCUT2D eigenvalue weighted by molar-refractivity contribution is -0.137. The lowest BCUT2D eigenvalue weighted by Crippen LogP contribution is -2.48. The van der Waals surface area contributed by atoms with Crippen molar-refractivity contribution in [2.24, 2.45) is 27.5 Å². The Hall–Kier alpha value is -2.29. The van der Waals surface area contributed by atoms with Crippen LogP contribution in [0.3, 0.4) is 0 Å². The first-order valence-corrected chi connectivity index (χ1v) is 7.61. The zero-order valence-corrected chi connectivity index (χ0v) is 13.3. The fourth-order valence-corrected chi connectivity index (χ4v) is 2.43. The molecule has 0 bridgehead atoms. The summed E-state index contributed by atoms with van der Waals surface area (Å²) in [4.78, 5) is 9.94. The zero-order valence-electron chi connectivity index (χ0n) is 13.3. The van der Waals surface area contributed by atoms with Gasteiger partial charge < -0.3 is 10.6 Å². The molecule has 1 aliphatic heterocycles. The predicted octanol–water partition coefficient (Wildman–Crippen LogP) is 2.20. The fourth-order valence-electron chi connectivity index (χ4n) is 2.43. The van der Waals surface area contributed by atoms with E-state index < -0.39 is 11.7 Å². The molecule has 1 fully saturated rings. The molecule has 0 aliphatic carbocycles. The van der Waals surface area contributed by atoms with Crippen molar-refractivity contribution in [3.8, 4) is 0 Å². The van der Waals surface area contributed by atoms with Gasteiger partial charge in [0.2, 0.25) is 11.9 Å². The minimum atomic E-state index is -4.43. The number of hydrogen-bond donors (Lipinski definition) is 3. The average molecular weight is 342 g/mol. The highest BCUT2D eigenvalue weighted by Gasteiger charge is 2.30. The third-order valence-corrected chi connectivity index (χ3v) is 3.85. The summed E-state index contributed by atoms with van der Waals surface area (Å²) in [5.74, 6) is 6.31. The Morgan fingerprint density at radius 2 is 1.96 bits per heavy atom. The molecule has 5 N–H and O–H groups in total. The summed E-state index contributed by atoms with van der Waals surface area (Å²) in [6.45, 7) is 3.73. The van der Waals surface area contributed by atoms with Gasteiger partial charge in [-0.05, 0) is 37.0 Å². The van der Waals surface area contributed by atoms with E-state index in [1.807, 2.05) is 4.90 Å². The number of hydrogen-bond acceptors (Lipinski definition) is 2. The van der Waals surface area contributed by atoms with E-state index in [9.17, 15) is 13.2 Å². The van der Waals surface area contributed by atoms with E-state index in [1.165, 1.54) is 12.1 Å². The normalized spacial score (nSPS) is 18.0. The van der Waals surface area contributed by atoms with E-state index in [-0.39, 0.29) is 11.6 Å². The lowest BCUT2D eigenvalue weighted by Gasteiger charge is -2.32. The predicted molar refractivity (Wildman–Crippen MR) is 87.5 cm³/mol. The zero-order chi connectivity index (χ0) is 17.7. The van der Waals surface area contributed by atoms with Crippen molar-refractivity contribution in [3.05, 3.63) is 29.8 Å². The molecule has 0 atom stereocenters. The van der Waals surface area contributed by atoms with Crippen LogP contribution >= 0.6 is 0 Å². The Balaban J connectivity index is 2.17. The topological polar surface area (TPSA) is 92.0 Å². The molecule has 0 aromatic heterocycles. The minimum Gasteiger partial charge on any atom is -0.368 e. The van der Waals surface area contributed by atoms with E-state index in [4.69, 9.17) is 11.6 Å². The largest absolute Gasteiger partial charge is 0.416 e. The van der Waals surface area contributed by atoms with Gasteiger partial charge in [0.05, 0.1) is 11.3 Å². The molecule has 0 spiro atoms. The Morgan fingerprint density at radius 3 is 2.54 bits per heavy atom. The van der Waals surface area contributed by atoms with Crippen LogP contribution in [0.15, 0.2) is 34.3 Å². The summed E-state index contributed by atoms with van der Waals surface area (Å²) < 4.78 is 38.1. The fraction of sp³-hybridized carbons (Fsp3) is 0.467. The highest BCUT2D eigenvalue weighted by Crippen LogP contribution is 2.31. The van der Waals surface area contributed by atoms with Crippen molar-refractivity contribution in [3.63, 3.8) is 0 Å². The van der Waals surface area contributed by atoms with Crippen LogP contribution in [-0.2, 0) is 6.18 Å². The maximum Gasteiger partial charge on any atom is 0.416 e. The monoisotopic (exact) mass is 342 g/mol. The van der Waals surface area contributed by atoms with Gasteiger partial charge in [-0.3, -0.25) is 5.43 Å². The third-order valence-electron chi connectivity index (χ3n) is 3.85. The van der Waals surface area contributed by atoms with Crippen LogP contribution in [0.4, 0.5) is 18.9 Å². The first-order chi connectivity index (χ1) is 11.3. The third kappa shape index (κ3) is 4.85. The SMILES string of the molecule is CC1CCN(C(=NC(N)=Nc2cccc(C(F)(F)F)c2)NN)CC1. The van der Waals surface area contributed by atoms with Crippen molar-refractivity contribution < 1.29 is 13.2 Å². The van der Waals surface area contributed by atoms with Gasteiger partial charge in [0.1, 0.15) is 0 Å². The lowest BCUT2D eigenvalue weighted by atomic mass is 10.00. The Kier molecular flexibility index (Phi) is 5.66. The quantitative estimate of drug-likeness (QED) is 0.316. The summed E-state index contributed by atoms with van der Waals surface area (Å²) in [7, 11) is 0. The van der Waals surface area contributed by atoms with Gasteiger partial charge >= 0.3 is 6.18 Å². The number of halogens is 3. The molecule has 24 heavy (non-hydrogen) atoms. The van der Waals surface area contributed by atoms with Crippen LogP contribution in [0.2, 0.25) is 0 Å². The number of piperidine rings is 1. The van der Waals surface area contributed by atoms with Gasteiger partial charge in [0.25, 0.3) is 0 Å². The van der Waals surface area contributed by atoms with E-state index in [2.05, 4.69) is 22.3 Å². The van der Waals surface area contributed by atoms with Gasteiger partial charge in [-0.15, -0.1) is 0 Å². The van der Waals surface area contributed by atoms with Gasteiger partial charge in [-0.2, -0.15) is 18.2 Å². The summed E-state index contributed by atoms with van der Waals surface area (Å²) in [6.07, 6.45) is -2.42. The molecule has 0 amide bonds. The van der Waals surface area contributed by atoms with Crippen LogP contribution in [0.1, 0.15) is 25.3 Å². The van der Waals surface area contributed by atoms with Crippen molar-refractivity contribution in [2.75, 3.05) is 13.1 Å². The minimum absolute atomic E-state index is 0.0784. The average Bonchev–Trinajstić information content (AvgIpc) is 2.53. The van der Waals surface area contributed by atoms with Gasteiger partial charge in [0, 0.05) is 13.1 Å². The number of guanidine groups is 2. The summed E-state index contributed by atoms with van der Waals surface area (Å²) in [5, 5.41) is 0. The Bertz CT molecular complexity index is 618. The number of nitrogens with zero attached hydrogens (tertiary/aromatic N) is 3. The number of alkyl halides is 3. The second kappa shape index (κ2) is 7.52. The van der Waals surface area contributed by atoms with Crippen LogP contribution in [-0.4, -0.2) is 29.9 Å². The Morgan fingerprint density at radius 1 is 1.29 bits per heavy atom. The van der Waals surface area contributed by atoms with E-state index >= 15 is 0 Å². The molecule has 0 unspecified atom stereocenters. The van der Waals surface area contributed by atoms with Gasteiger partial charge in [0.15, 0.2) is 0 Å². The number of likely N-dealkylation sites (tertiary alicyclic amines) is 1. The van der Waals surface area contributed by atoms with Crippen LogP contribution < -0.4 is 17.0 Å². The summed E-state index contributed by atoms with van der Waals surface area (Å²) >= 11 is 0. The van der Waals surface area contributed by atoms with E-state index in [1.54, 1.807) is 0 Å². The molecule has 0 saturated carbocycles. The molecule has 1 heterocycles. The van der Waals surface area contributed by atoms with Crippen LogP contribution in [0.25, 0.3) is 0 Å². The van der Waals surface area contributed by atoms with Crippen molar-refractivity contribution in [2.45, 2.75) is 25.9 Å². The molecule has 132 valence electrons. The highest BCUT2D eigenvalue weighted by molar-refractivity contribution is 5.94. The van der Waals surface area contributed by atoms with Crippen molar-refractivity contribution in [1.82, 2.24) is 10.3 Å². The number of nitrogens with one attached hydrogen (secondary N) is 1. The number of hydrazine groups is 1. The molecule has 1 aromatic rings. The number of aliphatic imine (C=N–C) groups is 2. The molecule has 1 aromatic carbocycles. The van der Waals surface area contributed by atoms with Crippen molar-refractivity contribution in [1.29, 1.82) is 0 Å². The standard InChI is InChI=1S/C15H21F3N6/c1-10-5-7-24(8-6-10)14(23-20)22-13(19)21-12-4-2-3-11(9-12)15(16,17)18/h2-4,9-10H,5-8,20H2,1H3,(H3,19,21,22,23). The summed E-state index contributed by atoms with van der Waals surface area (Å²) in [5.41, 5.74) is 7.50. The maximum absolute atomic E-state index is 12.7. The first-order valence-electron chi connectivity index (χ1n) is 7.61. The van der Waals surface area contributed by atoms with Crippen LogP contribution in [0.5, 0.6) is 0 Å². The molecule has 1 aliphatic rings. The highest BCUT2D eigenvalue weighted by atomic mass is 19.4. The van der Waals surface area contributed by atoms with Gasteiger partial charge in [-0.1, -0.05) is 13.0 Å². The van der Waals surface area contributed by atoms with Crippen molar-refractivity contribution >= 4 is 17.6 Å². The molecular formula is C15H21F3N6. The molecule has 2 rings (SSSR count). The molecule has 1 saturated heterocycles. The summed E-state index contributed by atoms with van der Waals surface area (Å²) in [6, 6.07) is 4.59. The second-order valence-electron chi connectivity index (χ2n) is 5.77. The maximum atomic E-state index is 12.7. The molecular weight excluding hydrogens is 321 g/mol. The number of nitrogens with two attached hydrogens (primary N) is 2. The van der Waals surface area contributed by atoms with E-state index in [0.717, 1.165) is 38.1 Å². The molecule has 9 heteroatoms.